The van der Waals surface area contributed by atoms with Crippen LogP contribution >= 0.6 is 0 Å². The molecular formula is C11H12N4O. The van der Waals surface area contributed by atoms with Crippen molar-refractivity contribution < 1.29 is 4.79 Å². The second-order valence-corrected chi connectivity index (χ2v) is 3.25. The molecular weight excluding hydrogens is 204 g/mol. The number of H-pyrrole nitrogens is 1. The van der Waals surface area contributed by atoms with E-state index in [4.69, 9.17) is 0 Å². The number of benzene rings is 1. The Hall–Kier alpha value is -2.30. The topological polar surface area (TPSA) is 69.8 Å². The van der Waals surface area contributed by atoms with Gasteiger partial charge < -0.3 is 10.6 Å². The fourth-order valence-corrected chi connectivity index (χ4v) is 1.26. The Bertz CT molecular complexity index is 438. The van der Waals surface area contributed by atoms with Gasteiger partial charge in [-0.15, -0.1) is 0 Å². The highest BCUT2D eigenvalue weighted by Crippen LogP contribution is 2.05. The summed E-state index contributed by atoms with van der Waals surface area (Å²) in [6, 6.07) is 9.57. The van der Waals surface area contributed by atoms with Gasteiger partial charge >= 0.3 is 0 Å². The van der Waals surface area contributed by atoms with Crippen LogP contribution in [0.1, 0.15) is 0 Å². The molecule has 5 heteroatoms. The van der Waals surface area contributed by atoms with E-state index in [1.807, 2.05) is 30.3 Å². The quantitative estimate of drug-likeness (QED) is 0.724. The number of aromatic amines is 1. The highest BCUT2D eigenvalue weighted by molar-refractivity contribution is 5.93. The third-order valence-electron chi connectivity index (χ3n) is 2.01. The van der Waals surface area contributed by atoms with Crippen molar-refractivity contribution in [1.29, 1.82) is 0 Å². The molecule has 0 saturated carbocycles. The van der Waals surface area contributed by atoms with Crippen molar-refractivity contribution in [3.63, 3.8) is 0 Å². The lowest BCUT2D eigenvalue weighted by Crippen LogP contribution is -2.21. The molecule has 82 valence electrons. The number of nitrogens with one attached hydrogen (secondary N) is 3. The molecule has 2 aromatic rings. The summed E-state index contributed by atoms with van der Waals surface area (Å²) in [7, 11) is 0. The predicted molar refractivity (Wildman–Crippen MR) is 62.1 cm³/mol. The molecule has 0 radical (unpaired) electrons. The zero-order valence-corrected chi connectivity index (χ0v) is 8.60. The van der Waals surface area contributed by atoms with Crippen molar-refractivity contribution in [1.82, 2.24) is 10.2 Å². The summed E-state index contributed by atoms with van der Waals surface area (Å²) in [6.45, 7) is 0.231. The van der Waals surface area contributed by atoms with Gasteiger partial charge in [0.2, 0.25) is 5.91 Å². The number of anilines is 2. The largest absolute Gasteiger partial charge is 0.376 e. The minimum absolute atomic E-state index is 0.106. The van der Waals surface area contributed by atoms with Gasteiger partial charge in [-0.2, -0.15) is 5.10 Å². The van der Waals surface area contributed by atoms with E-state index in [0.29, 0.717) is 5.69 Å². The number of aromatic nitrogens is 2. The normalized spacial score (nSPS) is 9.75. The summed E-state index contributed by atoms with van der Waals surface area (Å²) in [4.78, 5) is 11.5. The summed E-state index contributed by atoms with van der Waals surface area (Å²) < 4.78 is 0. The summed E-state index contributed by atoms with van der Waals surface area (Å²) in [5.74, 6) is -0.106. The standard InChI is InChI=1S/C11H12N4O/c16-11(15-10-6-13-14-7-10)8-12-9-4-2-1-3-5-9/h1-7,12H,8H2,(H,13,14)(H,15,16). The lowest BCUT2D eigenvalue weighted by atomic mass is 10.3. The van der Waals surface area contributed by atoms with Gasteiger partial charge in [0.05, 0.1) is 18.4 Å². The first-order chi connectivity index (χ1) is 7.84. The molecule has 0 unspecified atom stereocenters. The van der Waals surface area contributed by atoms with Crippen molar-refractivity contribution in [2.45, 2.75) is 0 Å². The molecule has 0 bridgehead atoms. The van der Waals surface area contributed by atoms with Crippen LogP contribution in [0.5, 0.6) is 0 Å². The summed E-state index contributed by atoms with van der Waals surface area (Å²) in [5, 5.41) is 12.1. The van der Waals surface area contributed by atoms with E-state index in [9.17, 15) is 4.79 Å². The van der Waals surface area contributed by atoms with Crippen molar-refractivity contribution in [3.05, 3.63) is 42.7 Å². The first-order valence-electron chi connectivity index (χ1n) is 4.92. The van der Waals surface area contributed by atoms with E-state index in [-0.39, 0.29) is 12.5 Å². The predicted octanol–water partition coefficient (Wildman–Crippen LogP) is 1.46. The number of carbonyl (C=O) groups is 1. The van der Waals surface area contributed by atoms with Crippen LogP contribution in [0.25, 0.3) is 0 Å². The smallest absolute Gasteiger partial charge is 0.243 e. The fourth-order valence-electron chi connectivity index (χ4n) is 1.26. The number of hydrogen-bond donors (Lipinski definition) is 3. The molecule has 0 aliphatic heterocycles. The minimum Gasteiger partial charge on any atom is -0.376 e. The molecule has 1 aromatic carbocycles. The van der Waals surface area contributed by atoms with Gasteiger partial charge in [-0.05, 0) is 12.1 Å². The first-order valence-corrected chi connectivity index (χ1v) is 4.92. The number of rotatable bonds is 4. The van der Waals surface area contributed by atoms with Crippen LogP contribution in [0.2, 0.25) is 0 Å². The monoisotopic (exact) mass is 216 g/mol. The van der Waals surface area contributed by atoms with Crippen LogP contribution in [0.4, 0.5) is 11.4 Å². The van der Waals surface area contributed by atoms with Crippen molar-refractivity contribution >= 4 is 17.3 Å². The van der Waals surface area contributed by atoms with Crippen molar-refractivity contribution in [2.75, 3.05) is 17.2 Å². The second kappa shape index (κ2) is 4.97. The second-order valence-electron chi connectivity index (χ2n) is 3.25. The Morgan fingerprint density at radius 2 is 2.06 bits per heavy atom. The Morgan fingerprint density at radius 1 is 1.25 bits per heavy atom. The molecule has 1 aromatic heterocycles. The molecule has 2 rings (SSSR count). The third kappa shape index (κ3) is 2.84. The molecule has 16 heavy (non-hydrogen) atoms. The van der Waals surface area contributed by atoms with E-state index >= 15 is 0 Å². The Labute approximate surface area is 92.9 Å². The highest BCUT2D eigenvalue weighted by atomic mass is 16.1. The van der Waals surface area contributed by atoms with E-state index in [0.717, 1.165) is 5.69 Å². The molecule has 0 aliphatic carbocycles. The third-order valence-corrected chi connectivity index (χ3v) is 2.01. The van der Waals surface area contributed by atoms with E-state index in [1.54, 1.807) is 12.4 Å². The maximum atomic E-state index is 11.5. The maximum Gasteiger partial charge on any atom is 0.243 e. The van der Waals surface area contributed by atoms with Gasteiger partial charge in [0, 0.05) is 11.9 Å². The molecule has 0 spiro atoms. The molecule has 1 heterocycles. The zero-order valence-electron chi connectivity index (χ0n) is 8.60. The first kappa shape index (κ1) is 10.2. The average molecular weight is 216 g/mol. The van der Waals surface area contributed by atoms with E-state index < -0.39 is 0 Å². The minimum atomic E-state index is -0.106. The molecule has 0 fully saturated rings. The SMILES string of the molecule is O=C(CNc1ccccc1)Nc1cn[nH]c1. The number of hydrogen-bond acceptors (Lipinski definition) is 3. The zero-order chi connectivity index (χ0) is 11.2. The van der Waals surface area contributed by atoms with Gasteiger partial charge in [-0.1, -0.05) is 18.2 Å². The van der Waals surface area contributed by atoms with Crippen LogP contribution in [0.3, 0.4) is 0 Å². The van der Waals surface area contributed by atoms with Crippen LogP contribution in [-0.2, 0) is 4.79 Å². The molecule has 5 nitrogen and oxygen atoms in total. The molecule has 3 N–H and O–H groups in total. The summed E-state index contributed by atoms with van der Waals surface area (Å²) in [5.41, 5.74) is 1.59. The summed E-state index contributed by atoms with van der Waals surface area (Å²) >= 11 is 0. The maximum absolute atomic E-state index is 11.5. The van der Waals surface area contributed by atoms with E-state index in [2.05, 4.69) is 20.8 Å². The van der Waals surface area contributed by atoms with Gasteiger partial charge in [0.15, 0.2) is 0 Å². The lowest BCUT2D eigenvalue weighted by molar-refractivity contribution is -0.114. The molecule has 0 saturated heterocycles. The van der Waals surface area contributed by atoms with Crippen molar-refractivity contribution in [3.8, 4) is 0 Å². The number of para-hydroxylation sites is 1. The molecule has 1 amide bonds. The Kier molecular flexibility index (Phi) is 3.18. The van der Waals surface area contributed by atoms with Crippen LogP contribution in [0, 0.1) is 0 Å². The summed E-state index contributed by atoms with van der Waals surface area (Å²) in [6.07, 6.45) is 3.18. The van der Waals surface area contributed by atoms with Gasteiger partial charge in [-0.3, -0.25) is 9.89 Å². The van der Waals surface area contributed by atoms with Gasteiger partial charge in [-0.25, -0.2) is 0 Å². The number of nitrogens with zero attached hydrogens (tertiary/aromatic N) is 1. The van der Waals surface area contributed by atoms with Crippen LogP contribution < -0.4 is 10.6 Å². The van der Waals surface area contributed by atoms with Crippen LogP contribution in [-0.4, -0.2) is 22.6 Å². The lowest BCUT2D eigenvalue weighted by Gasteiger charge is -2.05. The molecule has 0 aliphatic rings. The van der Waals surface area contributed by atoms with Crippen molar-refractivity contribution in [2.24, 2.45) is 0 Å². The Morgan fingerprint density at radius 3 is 2.75 bits per heavy atom. The number of carbonyl (C=O) groups excluding carboxylic acids is 1. The van der Waals surface area contributed by atoms with Gasteiger partial charge in [0.1, 0.15) is 0 Å². The molecule has 0 atom stereocenters. The Balaban J connectivity index is 1.80. The van der Waals surface area contributed by atoms with Gasteiger partial charge in [0.25, 0.3) is 0 Å². The highest BCUT2D eigenvalue weighted by Gasteiger charge is 2.01. The van der Waals surface area contributed by atoms with Crippen LogP contribution in [0.15, 0.2) is 42.7 Å². The van der Waals surface area contributed by atoms with E-state index in [1.165, 1.54) is 0 Å². The number of amides is 1. The fraction of sp³-hybridized carbons (Fsp3) is 0.0909. The average Bonchev–Trinajstić information content (AvgIpc) is 2.81.